The van der Waals surface area contributed by atoms with E-state index >= 15 is 0 Å². The molecule has 5 heterocycles. The second-order valence-corrected chi connectivity index (χ2v) is 16.6. The van der Waals surface area contributed by atoms with E-state index in [0.717, 1.165) is 58.4 Å². The molecule has 262 valence electrons. The molecule has 1 amide bonds. The standard InChI is InChI=1S/C34H47FN6O6S/c1-4-48(43,44)38-24-6-7-25(46-16-24)15-39-11-9-34(10-12-39)19-40(20-34)32-30(14-36-21-37-32)47-29-8-5-23(35)13-26(29)33(42)41(22(2)3)31-27-17-45-18-28(27)31/h5,8,13-14,21-22,24-25,27-28,31,38H,4,6-7,9-12,15-20H2,1-3H3/t24-,25+,27-,28+,31?/m1/s1. The molecule has 1 aromatic carbocycles. The predicted octanol–water partition coefficient (Wildman–Crippen LogP) is 3.29. The molecule has 1 N–H and O–H groups in total. The normalized spacial score (nSPS) is 28.3. The number of ether oxygens (including phenoxy) is 3. The van der Waals surface area contributed by atoms with Crippen LogP contribution in [0.2, 0.25) is 0 Å². The highest BCUT2D eigenvalue weighted by Gasteiger charge is 2.58. The molecule has 1 aromatic heterocycles. The Bertz CT molecular complexity index is 1580. The van der Waals surface area contributed by atoms with Crippen LogP contribution in [0.3, 0.4) is 0 Å². The molecule has 4 saturated heterocycles. The van der Waals surface area contributed by atoms with Crippen molar-refractivity contribution in [2.45, 2.75) is 70.7 Å². The first kappa shape index (κ1) is 33.6. The van der Waals surface area contributed by atoms with E-state index in [1.165, 1.54) is 24.5 Å². The van der Waals surface area contributed by atoms with E-state index in [-0.39, 0.29) is 52.6 Å². The maximum Gasteiger partial charge on any atom is 0.258 e. The van der Waals surface area contributed by atoms with Crippen molar-refractivity contribution in [2.75, 3.05) is 63.2 Å². The van der Waals surface area contributed by atoms with Crippen molar-refractivity contribution in [1.29, 1.82) is 0 Å². The molecular weight excluding hydrogens is 639 g/mol. The fourth-order valence-electron chi connectivity index (χ4n) is 8.08. The van der Waals surface area contributed by atoms with Gasteiger partial charge in [-0.3, -0.25) is 4.79 Å². The van der Waals surface area contributed by atoms with Gasteiger partial charge in [0.15, 0.2) is 11.6 Å². The lowest BCUT2D eigenvalue weighted by Gasteiger charge is -2.54. The quantitative estimate of drug-likeness (QED) is 0.377. The maximum absolute atomic E-state index is 14.6. The molecule has 48 heavy (non-hydrogen) atoms. The van der Waals surface area contributed by atoms with E-state index < -0.39 is 15.8 Å². The van der Waals surface area contributed by atoms with Gasteiger partial charge in [-0.05, 0) is 77.7 Å². The second-order valence-electron chi connectivity index (χ2n) is 14.5. The number of sulfonamides is 1. The minimum atomic E-state index is -3.23. The summed E-state index contributed by atoms with van der Waals surface area (Å²) < 4.78 is 59.0. The van der Waals surface area contributed by atoms with Gasteiger partial charge in [-0.25, -0.2) is 27.5 Å². The van der Waals surface area contributed by atoms with Crippen LogP contribution in [0.5, 0.6) is 11.5 Å². The molecule has 1 unspecified atom stereocenters. The molecule has 5 atom stereocenters. The number of piperidine rings is 1. The molecule has 5 fully saturated rings. The van der Waals surface area contributed by atoms with E-state index in [1.807, 2.05) is 18.7 Å². The molecule has 1 saturated carbocycles. The van der Waals surface area contributed by atoms with Gasteiger partial charge in [0, 0.05) is 55.0 Å². The highest BCUT2D eigenvalue weighted by atomic mass is 32.2. The van der Waals surface area contributed by atoms with Crippen molar-refractivity contribution in [3.05, 3.63) is 42.1 Å². The van der Waals surface area contributed by atoms with Crippen LogP contribution in [0.25, 0.3) is 0 Å². The Hall–Kier alpha value is -2.91. The first-order chi connectivity index (χ1) is 23.0. The van der Waals surface area contributed by atoms with Gasteiger partial charge in [-0.1, -0.05) is 0 Å². The number of hydrogen-bond donors (Lipinski definition) is 1. The highest BCUT2D eigenvalue weighted by molar-refractivity contribution is 7.89. The van der Waals surface area contributed by atoms with Crippen molar-refractivity contribution in [3.8, 4) is 11.5 Å². The lowest BCUT2D eigenvalue weighted by atomic mass is 9.72. The average Bonchev–Trinajstić information content (AvgIpc) is 3.48. The third-order valence-corrected chi connectivity index (χ3v) is 12.3. The van der Waals surface area contributed by atoms with Gasteiger partial charge in [0.05, 0.1) is 43.4 Å². The monoisotopic (exact) mass is 686 g/mol. The number of carbonyl (C=O) groups is 1. The van der Waals surface area contributed by atoms with Crippen LogP contribution < -0.4 is 14.4 Å². The number of amides is 1. The second kappa shape index (κ2) is 13.4. The number of benzene rings is 1. The van der Waals surface area contributed by atoms with Gasteiger partial charge >= 0.3 is 0 Å². The van der Waals surface area contributed by atoms with Crippen LogP contribution in [-0.2, 0) is 19.5 Å². The number of halogens is 1. The van der Waals surface area contributed by atoms with Crippen LogP contribution in [0, 0.1) is 23.1 Å². The van der Waals surface area contributed by atoms with Gasteiger partial charge < -0.3 is 28.9 Å². The summed E-state index contributed by atoms with van der Waals surface area (Å²) in [6, 6.07) is 3.99. The zero-order valence-corrected chi connectivity index (χ0v) is 28.8. The number of nitrogens with one attached hydrogen (secondary N) is 1. The zero-order chi connectivity index (χ0) is 33.6. The summed E-state index contributed by atoms with van der Waals surface area (Å²) in [4.78, 5) is 29.2. The average molecular weight is 687 g/mol. The SMILES string of the molecule is CCS(=O)(=O)N[C@@H]1CC[C@@H](CN2CCC3(CC2)CN(c2ncncc2Oc2ccc(F)cc2C(=O)N(C(C)C)C2[C@H]4COC[C@@H]24)C3)OC1. The topological polar surface area (TPSA) is 126 Å². The number of hydrogen-bond acceptors (Lipinski definition) is 10. The Morgan fingerprint density at radius 1 is 1.15 bits per heavy atom. The van der Waals surface area contributed by atoms with Crippen molar-refractivity contribution in [1.82, 2.24) is 24.5 Å². The van der Waals surface area contributed by atoms with Crippen LogP contribution >= 0.6 is 0 Å². The first-order valence-corrected chi connectivity index (χ1v) is 19.0. The molecule has 14 heteroatoms. The van der Waals surface area contributed by atoms with Crippen LogP contribution in [-0.4, -0.2) is 117 Å². The van der Waals surface area contributed by atoms with E-state index in [9.17, 15) is 17.6 Å². The van der Waals surface area contributed by atoms with Crippen LogP contribution in [0.4, 0.5) is 10.2 Å². The number of rotatable bonds is 11. The van der Waals surface area contributed by atoms with Crippen LogP contribution in [0.15, 0.2) is 30.7 Å². The lowest BCUT2D eigenvalue weighted by Crippen LogP contribution is -2.61. The lowest BCUT2D eigenvalue weighted by molar-refractivity contribution is -0.0299. The molecule has 1 spiro atoms. The molecule has 12 nitrogen and oxygen atoms in total. The Balaban J connectivity index is 0.953. The Kier molecular flexibility index (Phi) is 9.39. The van der Waals surface area contributed by atoms with Crippen molar-refractivity contribution in [2.24, 2.45) is 17.3 Å². The van der Waals surface area contributed by atoms with E-state index in [2.05, 4.69) is 24.5 Å². The smallest absolute Gasteiger partial charge is 0.258 e. The summed E-state index contributed by atoms with van der Waals surface area (Å²) in [6.45, 7) is 11.9. The summed E-state index contributed by atoms with van der Waals surface area (Å²) in [5, 5.41) is 0. The summed E-state index contributed by atoms with van der Waals surface area (Å²) in [5.41, 5.74) is 0.382. The number of aromatic nitrogens is 2. The van der Waals surface area contributed by atoms with E-state index in [4.69, 9.17) is 14.2 Å². The largest absolute Gasteiger partial charge is 0.451 e. The number of nitrogens with zero attached hydrogens (tertiary/aromatic N) is 5. The first-order valence-electron chi connectivity index (χ1n) is 17.3. The molecule has 2 aromatic rings. The minimum absolute atomic E-state index is 0.0555. The van der Waals surface area contributed by atoms with Crippen molar-refractivity contribution >= 4 is 21.7 Å². The molecule has 1 aliphatic carbocycles. The van der Waals surface area contributed by atoms with Gasteiger partial charge in [-0.15, -0.1) is 0 Å². The third kappa shape index (κ3) is 6.91. The summed E-state index contributed by atoms with van der Waals surface area (Å²) in [6.07, 6.45) is 6.99. The number of carbonyl (C=O) groups excluding carboxylic acids is 1. The predicted molar refractivity (Wildman–Crippen MR) is 177 cm³/mol. The van der Waals surface area contributed by atoms with E-state index in [1.54, 1.807) is 13.1 Å². The zero-order valence-electron chi connectivity index (χ0n) is 28.0. The molecule has 5 aliphatic rings. The minimum Gasteiger partial charge on any atom is -0.451 e. The Morgan fingerprint density at radius 3 is 2.56 bits per heavy atom. The molecule has 0 radical (unpaired) electrons. The van der Waals surface area contributed by atoms with Crippen molar-refractivity contribution < 1.29 is 31.8 Å². The molecule has 0 bridgehead atoms. The fourth-order valence-corrected chi connectivity index (χ4v) is 8.94. The number of fused-ring (bicyclic) bond motifs is 1. The maximum atomic E-state index is 14.6. The van der Waals surface area contributed by atoms with Gasteiger partial charge in [0.1, 0.15) is 17.9 Å². The van der Waals surface area contributed by atoms with Crippen molar-refractivity contribution in [3.63, 3.8) is 0 Å². The van der Waals surface area contributed by atoms with Gasteiger partial charge in [0.25, 0.3) is 5.91 Å². The summed E-state index contributed by atoms with van der Waals surface area (Å²) in [7, 11) is -3.23. The Morgan fingerprint density at radius 2 is 1.90 bits per heavy atom. The third-order valence-electron chi connectivity index (χ3n) is 10.9. The molecular formula is C34H47FN6O6S. The van der Waals surface area contributed by atoms with E-state index in [0.29, 0.717) is 43.2 Å². The fraction of sp³-hybridized carbons (Fsp3) is 0.676. The molecule has 7 rings (SSSR count). The van der Waals surface area contributed by atoms with Crippen LogP contribution in [0.1, 0.15) is 56.8 Å². The number of anilines is 1. The summed E-state index contributed by atoms with van der Waals surface area (Å²) >= 11 is 0. The van der Waals surface area contributed by atoms with Gasteiger partial charge in [-0.2, -0.15) is 0 Å². The number of likely N-dealkylation sites (tertiary alicyclic amines) is 1. The van der Waals surface area contributed by atoms with Gasteiger partial charge in [0.2, 0.25) is 10.0 Å². The highest BCUT2D eigenvalue weighted by Crippen LogP contribution is 2.49. The summed E-state index contributed by atoms with van der Waals surface area (Å²) in [5.74, 6) is 1.40. The molecule has 4 aliphatic heterocycles. The Labute approximate surface area is 282 Å².